The zero-order valence-corrected chi connectivity index (χ0v) is 27.4. The van der Waals surface area contributed by atoms with Crippen LogP contribution in [0.5, 0.6) is 5.75 Å². The second-order valence-corrected chi connectivity index (χ2v) is 13.0. The van der Waals surface area contributed by atoms with Gasteiger partial charge in [-0.25, -0.2) is 8.42 Å². The van der Waals surface area contributed by atoms with Crippen molar-refractivity contribution in [2.45, 2.75) is 37.2 Å². The summed E-state index contributed by atoms with van der Waals surface area (Å²) in [5.74, 6) is -0.472. The maximum Gasteiger partial charge on any atom is 0.264 e. The fourth-order valence-corrected chi connectivity index (χ4v) is 6.55. The first-order valence-corrected chi connectivity index (χ1v) is 16.6. The Bertz CT molecular complexity index is 1700. The standard InChI is InChI=1S/C34H35Cl2N3O5S/c1-3-20-37-34(41)32(21-25-10-5-4-6-11-25)38(23-26-12-7-8-15-31(26)36)33(40)24-39(28-14-9-13-27(35)22-28)45(42,43)30-18-16-29(44-2)17-19-30/h4-19,22,32H,3,20-21,23-24H2,1-2H3,(H,37,41)/t32-/m1/s1. The predicted octanol–water partition coefficient (Wildman–Crippen LogP) is 6.36. The number of amides is 2. The van der Waals surface area contributed by atoms with Crippen molar-refractivity contribution in [3.05, 3.63) is 124 Å². The number of carbonyl (C=O) groups excluding carboxylic acids is 2. The number of ether oxygens (including phenoxy) is 1. The van der Waals surface area contributed by atoms with E-state index in [4.69, 9.17) is 27.9 Å². The van der Waals surface area contributed by atoms with Gasteiger partial charge in [0.05, 0.1) is 17.7 Å². The molecule has 0 unspecified atom stereocenters. The molecule has 1 atom stereocenters. The summed E-state index contributed by atoms with van der Waals surface area (Å²) in [6, 6.07) is 27.6. The molecule has 4 aromatic carbocycles. The van der Waals surface area contributed by atoms with E-state index >= 15 is 0 Å². The molecule has 0 saturated heterocycles. The van der Waals surface area contributed by atoms with Crippen LogP contribution in [0.25, 0.3) is 0 Å². The maximum atomic E-state index is 14.5. The Morgan fingerprint density at radius 3 is 2.22 bits per heavy atom. The first-order valence-electron chi connectivity index (χ1n) is 14.4. The Hall–Kier alpha value is -4.05. The van der Waals surface area contributed by atoms with Crippen LogP contribution in [0.2, 0.25) is 10.0 Å². The largest absolute Gasteiger partial charge is 0.497 e. The van der Waals surface area contributed by atoms with E-state index in [-0.39, 0.29) is 29.5 Å². The average molecular weight is 669 g/mol. The molecule has 8 nitrogen and oxygen atoms in total. The molecular weight excluding hydrogens is 633 g/mol. The number of rotatable bonds is 14. The second-order valence-electron chi connectivity index (χ2n) is 10.3. The van der Waals surface area contributed by atoms with Gasteiger partial charge < -0.3 is 15.0 Å². The van der Waals surface area contributed by atoms with Crippen molar-refractivity contribution in [3.8, 4) is 5.75 Å². The lowest BCUT2D eigenvalue weighted by Gasteiger charge is -2.34. The highest BCUT2D eigenvalue weighted by Crippen LogP contribution is 2.28. The topological polar surface area (TPSA) is 96.0 Å². The molecule has 0 aliphatic carbocycles. The summed E-state index contributed by atoms with van der Waals surface area (Å²) in [6.07, 6.45) is 0.903. The van der Waals surface area contributed by atoms with Gasteiger partial charge in [0.15, 0.2) is 0 Å². The van der Waals surface area contributed by atoms with E-state index < -0.39 is 28.5 Å². The number of hydrogen-bond acceptors (Lipinski definition) is 5. The summed E-state index contributed by atoms with van der Waals surface area (Å²) < 4.78 is 34.4. The minimum atomic E-state index is -4.28. The Morgan fingerprint density at radius 1 is 0.889 bits per heavy atom. The Morgan fingerprint density at radius 2 is 1.58 bits per heavy atom. The molecule has 0 saturated carbocycles. The van der Waals surface area contributed by atoms with E-state index in [2.05, 4.69) is 5.32 Å². The predicted molar refractivity (Wildman–Crippen MR) is 178 cm³/mol. The molecule has 4 aromatic rings. The molecule has 0 aromatic heterocycles. The van der Waals surface area contributed by atoms with E-state index in [0.29, 0.717) is 34.3 Å². The monoisotopic (exact) mass is 667 g/mol. The van der Waals surface area contributed by atoms with Crippen LogP contribution in [0, 0.1) is 0 Å². The number of halogens is 2. The highest BCUT2D eigenvalue weighted by Gasteiger charge is 2.35. The third kappa shape index (κ3) is 8.78. The van der Waals surface area contributed by atoms with Crippen molar-refractivity contribution in [1.82, 2.24) is 10.2 Å². The van der Waals surface area contributed by atoms with Crippen LogP contribution in [0.15, 0.2) is 108 Å². The second kappa shape index (κ2) is 15.8. The van der Waals surface area contributed by atoms with E-state index in [9.17, 15) is 18.0 Å². The summed E-state index contributed by atoms with van der Waals surface area (Å²) in [5, 5.41) is 3.63. The zero-order chi connectivity index (χ0) is 32.4. The van der Waals surface area contributed by atoms with E-state index in [1.54, 1.807) is 42.5 Å². The Kier molecular flexibility index (Phi) is 11.9. The minimum absolute atomic E-state index is 0.0263. The van der Waals surface area contributed by atoms with Crippen molar-refractivity contribution in [3.63, 3.8) is 0 Å². The van der Waals surface area contributed by atoms with Crippen LogP contribution in [-0.2, 0) is 32.6 Å². The Labute approximate surface area is 274 Å². The summed E-state index contributed by atoms with van der Waals surface area (Å²) in [7, 11) is -2.80. The van der Waals surface area contributed by atoms with Gasteiger partial charge in [0.25, 0.3) is 10.0 Å². The van der Waals surface area contributed by atoms with Gasteiger partial charge in [-0.2, -0.15) is 0 Å². The lowest BCUT2D eigenvalue weighted by atomic mass is 10.0. The fraction of sp³-hybridized carbons (Fsp3) is 0.235. The number of anilines is 1. The van der Waals surface area contributed by atoms with Gasteiger partial charge in [-0.15, -0.1) is 0 Å². The average Bonchev–Trinajstić information content (AvgIpc) is 3.05. The van der Waals surface area contributed by atoms with Crippen LogP contribution in [0.1, 0.15) is 24.5 Å². The van der Waals surface area contributed by atoms with E-state index in [1.807, 2.05) is 37.3 Å². The lowest BCUT2D eigenvalue weighted by Crippen LogP contribution is -2.53. The molecule has 0 heterocycles. The molecule has 0 radical (unpaired) electrons. The third-order valence-corrected chi connectivity index (χ3v) is 9.53. The summed E-state index contributed by atoms with van der Waals surface area (Å²) >= 11 is 12.8. The SMILES string of the molecule is CCCNC(=O)[C@@H](Cc1ccccc1)N(Cc1ccccc1Cl)C(=O)CN(c1cccc(Cl)c1)S(=O)(=O)c1ccc(OC)cc1. The highest BCUT2D eigenvalue weighted by molar-refractivity contribution is 7.92. The molecule has 0 fully saturated rings. The van der Waals surface area contributed by atoms with Crippen molar-refractivity contribution in [1.29, 1.82) is 0 Å². The summed E-state index contributed by atoms with van der Waals surface area (Å²) in [4.78, 5) is 29.5. The van der Waals surface area contributed by atoms with E-state index in [0.717, 1.165) is 9.87 Å². The van der Waals surface area contributed by atoms with Crippen molar-refractivity contribution in [2.24, 2.45) is 0 Å². The smallest absolute Gasteiger partial charge is 0.264 e. The molecule has 2 amide bonds. The quantitative estimate of drug-likeness (QED) is 0.169. The van der Waals surface area contributed by atoms with Gasteiger partial charge in [-0.05, 0) is 66.1 Å². The van der Waals surface area contributed by atoms with E-state index in [1.165, 1.54) is 42.3 Å². The minimum Gasteiger partial charge on any atom is -0.497 e. The Balaban J connectivity index is 1.80. The molecule has 236 valence electrons. The third-order valence-electron chi connectivity index (χ3n) is 7.14. The molecule has 45 heavy (non-hydrogen) atoms. The molecule has 0 spiro atoms. The van der Waals surface area contributed by atoms with Gasteiger partial charge in [-0.1, -0.05) is 84.7 Å². The molecule has 1 N–H and O–H groups in total. The molecule has 0 aliphatic rings. The highest BCUT2D eigenvalue weighted by atomic mass is 35.5. The first-order chi connectivity index (χ1) is 21.6. The van der Waals surface area contributed by atoms with Crippen molar-refractivity contribution < 1.29 is 22.7 Å². The molecule has 0 aliphatic heterocycles. The zero-order valence-electron chi connectivity index (χ0n) is 25.0. The number of sulfonamides is 1. The van der Waals surface area contributed by atoms with Crippen molar-refractivity contribution >= 4 is 50.7 Å². The number of benzene rings is 4. The number of hydrogen-bond donors (Lipinski definition) is 1. The van der Waals surface area contributed by atoms with Gasteiger partial charge >= 0.3 is 0 Å². The lowest BCUT2D eigenvalue weighted by molar-refractivity contribution is -0.140. The van der Waals surface area contributed by atoms with Crippen LogP contribution < -0.4 is 14.4 Å². The number of methoxy groups -OCH3 is 1. The van der Waals surface area contributed by atoms with Gasteiger partial charge in [0.1, 0.15) is 18.3 Å². The summed E-state index contributed by atoms with van der Waals surface area (Å²) in [6.45, 7) is 1.72. The molecule has 4 rings (SSSR count). The molecule has 11 heteroatoms. The number of carbonyl (C=O) groups is 2. The fourth-order valence-electron chi connectivity index (χ4n) is 4.77. The van der Waals surface area contributed by atoms with Crippen LogP contribution in [0.4, 0.5) is 5.69 Å². The van der Waals surface area contributed by atoms with Gasteiger partial charge in [0.2, 0.25) is 11.8 Å². The van der Waals surface area contributed by atoms with Crippen LogP contribution in [-0.4, -0.2) is 51.4 Å². The molecule has 0 bridgehead atoms. The number of nitrogens with zero attached hydrogens (tertiary/aromatic N) is 2. The molecular formula is C34H35Cl2N3O5S. The van der Waals surface area contributed by atoms with Gasteiger partial charge in [-0.3, -0.25) is 13.9 Å². The van der Waals surface area contributed by atoms with Crippen molar-refractivity contribution in [2.75, 3.05) is 24.5 Å². The van der Waals surface area contributed by atoms with Gasteiger partial charge in [0, 0.05) is 29.6 Å². The number of nitrogens with one attached hydrogen (secondary N) is 1. The van der Waals surface area contributed by atoms with Crippen LogP contribution >= 0.6 is 23.2 Å². The maximum absolute atomic E-state index is 14.5. The summed E-state index contributed by atoms with van der Waals surface area (Å²) in [5.41, 5.74) is 1.64. The van der Waals surface area contributed by atoms with Crippen LogP contribution in [0.3, 0.4) is 0 Å². The normalized spacial score (nSPS) is 11.8. The first kappa shape index (κ1) is 33.8.